The third kappa shape index (κ3) is 3.03. The number of aromatic nitrogens is 1. The number of rotatable bonds is 3. The summed E-state index contributed by atoms with van der Waals surface area (Å²) in [5, 5.41) is 0. The Bertz CT molecular complexity index is 406. The second-order valence-electron chi connectivity index (χ2n) is 4.52. The van der Waals surface area contributed by atoms with Crippen LogP contribution in [-0.2, 0) is 11.3 Å². The number of ether oxygens (including phenoxy) is 1. The fourth-order valence-corrected chi connectivity index (χ4v) is 2.18. The molecule has 0 spiro atoms. The molecule has 1 aliphatic heterocycles. The van der Waals surface area contributed by atoms with Gasteiger partial charge in [-0.05, 0) is 18.6 Å². The van der Waals surface area contributed by atoms with Crippen molar-refractivity contribution in [3.8, 4) is 5.88 Å². The van der Waals surface area contributed by atoms with E-state index in [2.05, 4.69) is 16.8 Å². The van der Waals surface area contributed by atoms with Gasteiger partial charge in [0.15, 0.2) is 0 Å². The predicted octanol–water partition coefficient (Wildman–Crippen LogP) is 1.64. The molecule has 2 rings (SSSR count). The smallest absolute Gasteiger partial charge is 0.213 e. The van der Waals surface area contributed by atoms with Crippen LogP contribution >= 0.6 is 0 Å². The van der Waals surface area contributed by atoms with Crippen molar-refractivity contribution >= 4 is 5.78 Å². The van der Waals surface area contributed by atoms with Gasteiger partial charge in [-0.1, -0.05) is 0 Å². The molecule has 1 aromatic rings. The van der Waals surface area contributed by atoms with Crippen molar-refractivity contribution in [1.29, 1.82) is 0 Å². The van der Waals surface area contributed by atoms with Crippen molar-refractivity contribution < 1.29 is 9.53 Å². The number of ketones is 1. The second-order valence-corrected chi connectivity index (χ2v) is 4.52. The van der Waals surface area contributed by atoms with Crippen molar-refractivity contribution in [3.05, 3.63) is 23.9 Å². The molecule has 4 nitrogen and oxygen atoms in total. The Morgan fingerprint density at radius 1 is 1.59 bits per heavy atom. The van der Waals surface area contributed by atoms with E-state index < -0.39 is 0 Å². The van der Waals surface area contributed by atoms with Gasteiger partial charge in [0.25, 0.3) is 0 Å². The molecule has 1 aliphatic rings. The molecular formula is C13H18N2O2. The van der Waals surface area contributed by atoms with Gasteiger partial charge < -0.3 is 4.74 Å². The van der Waals surface area contributed by atoms with Crippen LogP contribution in [0.1, 0.15) is 25.3 Å². The largest absolute Gasteiger partial charge is 0.481 e. The Kier molecular flexibility index (Phi) is 3.74. The van der Waals surface area contributed by atoms with Crippen LogP contribution in [0.5, 0.6) is 5.88 Å². The van der Waals surface area contributed by atoms with Crippen molar-refractivity contribution in [2.45, 2.75) is 32.4 Å². The van der Waals surface area contributed by atoms with Crippen molar-refractivity contribution in [1.82, 2.24) is 9.88 Å². The standard InChI is InChI=1S/C13H18N2O2/c1-10-7-12(16)4-6-15(10)9-11-3-5-14-13(8-11)17-2/h3,5,8,10H,4,6-7,9H2,1-2H3. The molecule has 17 heavy (non-hydrogen) atoms. The topological polar surface area (TPSA) is 42.4 Å². The first-order valence-electron chi connectivity index (χ1n) is 5.93. The summed E-state index contributed by atoms with van der Waals surface area (Å²) in [7, 11) is 1.62. The molecule has 0 amide bonds. The molecule has 1 aromatic heterocycles. The van der Waals surface area contributed by atoms with Gasteiger partial charge in [-0.3, -0.25) is 9.69 Å². The Labute approximate surface area is 102 Å². The molecule has 1 atom stereocenters. The second kappa shape index (κ2) is 5.27. The number of nitrogens with zero attached hydrogens (tertiary/aromatic N) is 2. The average molecular weight is 234 g/mol. The zero-order valence-corrected chi connectivity index (χ0v) is 10.3. The lowest BCUT2D eigenvalue weighted by Gasteiger charge is -2.32. The Balaban J connectivity index is 2.02. The number of pyridine rings is 1. The normalized spacial score (nSPS) is 21.5. The maximum Gasteiger partial charge on any atom is 0.213 e. The van der Waals surface area contributed by atoms with E-state index in [9.17, 15) is 4.79 Å². The van der Waals surface area contributed by atoms with Crippen LogP contribution in [0.25, 0.3) is 0 Å². The van der Waals surface area contributed by atoms with Gasteiger partial charge in [-0.25, -0.2) is 4.98 Å². The fourth-order valence-electron chi connectivity index (χ4n) is 2.18. The number of Topliss-reactive ketones (excluding diaryl/α,β-unsaturated/α-hetero) is 1. The van der Waals surface area contributed by atoms with Gasteiger partial charge in [0.05, 0.1) is 7.11 Å². The third-order valence-electron chi connectivity index (χ3n) is 3.22. The van der Waals surface area contributed by atoms with Gasteiger partial charge in [0.2, 0.25) is 5.88 Å². The summed E-state index contributed by atoms with van der Waals surface area (Å²) in [6, 6.07) is 4.27. The highest BCUT2D eigenvalue weighted by Crippen LogP contribution is 2.18. The van der Waals surface area contributed by atoms with E-state index in [1.807, 2.05) is 12.1 Å². The first-order valence-corrected chi connectivity index (χ1v) is 5.93. The maximum atomic E-state index is 11.3. The van der Waals surface area contributed by atoms with Crippen LogP contribution in [0.2, 0.25) is 0 Å². The summed E-state index contributed by atoms with van der Waals surface area (Å²) in [6.45, 7) is 3.81. The number of carbonyl (C=O) groups excluding carboxylic acids is 1. The van der Waals surface area contributed by atoms with Gasteiger partial charge >= 0.3 is 0 Å². The first kappa shape index (κ1) is 12.0. The third-order valence-corrected chi connectivity index (χ3v) is 3.22. The van der Waals surface area contributed by atoms with E-state index in [0.717, 1.165) is 13.1 Å². The number of likely N-dealkylation sites (tertiary alicyclic amines) is 1. The summed E-state index contributed by atoms with van der Waals surface area (Å²) >= 11 is 0. The van der Waals surface area contributed by atoms with Gasteiger partial charge in [-0.2, -0.15) is 0 Å². The maximum absolute atomic E-state index is 11.3. The van der Waals surface area contributed by atoms with E-state index >= 15 is 0 Å². The number of piperidine rings is 1. The molecule has 1 unspecified atom stereocenters. The summed E-state index contributed by atoms with van der Waals surface area (Å²) < 4.78 is 5.10. The Hall–Kier alpha value is -1.42. The SMILES string of the molecule is COc1cc(CN2CCC(=O)CC2C)ccn1. The number of methoxy groups -OCH3 is 1. The van der Waals surface area contributed by atoms with Crippen LogP contribution in [0.4, 0.5) is 0 Å². The van der Waals surface area contributed by atoms with Crippen molar-refractivity contribution in [2.24, 2.45) is 0 Å². The Morgan fingerprint density at radius 2 is 2.41 bits per heavy atom. The molecule has 92 valence electrons. The highest BCUT2D eigenvalue weighted by Gasteiger charge is 2.23. The van der Waals surface area contributed by atoms with Crippen LogP contribution in [0.15, 0.2) is 18.3 Å². The minimum absolute atomic E-state index is 0.329. The van der Waals surface area contributed by atoms with Gasteiger partial charge in [0, 0.05) is 44.2 Å². The van der Waals surface area contributed by atoms with Crippen LogP contribution in [0.3, 0.4) is 0 Å². The van der Waals surface area contributed by atoms with E-state index in [1.54, 1.807) is 13.3 Å². The van der Waals surface area contributed by atoms with Crippen molar-refractivity contribution in [2.75, 3.05) is 13.7 Å². The lowest BCUT2D eigenvalue weighted by atomic mass is 10.0. The summed E-state index contributed by atoms with van der Waals surface area (Å²) in [6.07, 6.45) is 3.10. The van der Waals surface area contributed by atoms with Crippen LogP contribution in [-0.4, -0.2) is 35.4 Å². The molecule has 4 heteroatoms. The van der Waals surface area contributed by atoms with Crippen LogP contribution < -0.4 is 4.74 Å². The van der Waals surface area contributed by atoms with Crippen molar-refractivity contribution in [3.63, 3.8) is 0 Å². The fraction of sp³-hybridized carbons (Fsp3) is 0.538. The molecule has 0 N–H and O–H groups in total. The van der Waals surface area contributed by atoms with Gasteiger partial charge in [0.1, 0.15) is 5.78 Å². The molecule has 2 heterocycles. The highest BCUT2D eigenvalue weighted by atomic mass is 16.5. The van der Waals surface area contributed by atoms with E-state index in [4.69, 9.17) is 4.74 Å². The van der Waals surface area contributed by atoms with E-state index in [1.165, 1.54) is 5.56 Å². The molecule has 0 aromatic carbocycles. The minimum Gasteiger partial charge on any atom is -0.481 e. The molecule has 0 saturated carbocycles. The molecule has 0 radical (unpaired) electrons. The first-order chi connectivity index (χ1) is 8.19. The average Bonchev–Trinajstić information content (AvgIpc) is 2.33. The molecule has 1 fully saturated rings. The molecular weight excluding hydrogens is 216 g/mol. The Morgan fingerprint density at radius 3 is 3.12 bits per heavy atom. The lowest BCUT2D eigenvalue weighted by Crippen LogP contribution is -2.40. The quantitative estimate of drug-likeness (QED) is 0.797. The minimum atomic E-state index is 0.329. The highest BCUT2D eigenvalue weighted by molar-refractivity contribution is 5.79. The monoisotopic (exact) mass is 234 g/mol. The predicted molar refractivity (Wildman–Crippen MR) is 64.9 cm³/mol. The van der Waals surface area contributed by atoms with E-state index in [0.29, 0.717) is 30.5 Å². The number of hydrogen-bond acceptors (Lipinski definition) is 4. The molecule has 0 bridgehead atoms. The summed E-state index contributed by atoms with van der Waals surface area (Å²) in [4.78, 5) is 17.7. The molecule has 0 aliphatic carbocycles. The lowest BCUT2D eigenvalue weighted by molar-refractivity contribution is -0.123. The number of carbonyl (C=O) groups is 1. The molecule has 1 saturated heterocycles. The van der Waals surface area contributed by atoms with Gasteiger partial charge in [-0.15, -0.1) is 0 Å². The van der Waals surface area contributed by atoms with E-state index in [-0.39, 0.29) is 0 Å². The summed E-state index contributed by atoms with van der Waals surface area (Å²) in [5.74, 6) is 1.02. The summed E-state index contributed by atoms with van der Waals surface area (Å²) in [5.41, 5.74) is 1.18. The van der Waals surface area contributed by atoms with Crippen LogP contribution in [0, 0.1) is 0 Å². The zero-order valence-electron chi connectivity index (χ0n) is 10.3. The zero-order chi connectivity index (χ0) is 12.3. The number of hydrogen-bond donors (Lipinski definition) is 0.